The number of nitrogens with zero attached hydrogens (tertiary/aromatic N) is 2. The molecule has 0 amide bonds. The molecule has 0 saturated carbocycles. The van der Waals surface area contributed by atoms with Gasteiger partial charge in [-0.25, -0.2) is 4.98 Å². The Bertz CT molecular complexity index is 297. The molecule has 0 spiro atoms. The minimum atomic E-state index is 0.685. The summed E-state index contributed by atoms with van der Waals surface area (Å²) in [5.74, 6) is 0.842. The molecule has 0 radical (unpaired) electrons. The van der Waals surface area contributed by atoms with E-state index >= 15 is 0 Å². The van der Waals surface area contributed by atoms with Crippen molar-refractivity contribution in [1.82, 2.24) is 9.88 Å². The zero-order valence-corrected chi connectivity index (χ0v) is 9.39. The van der Waals surface area contributed by atoms with Crippen molar-refractivity contribution in [2.24, 2.45) is 5.92 Å². The standard InChI is InChI=1S/C10H17N3S/c1-8-3-2-4-13(6-8)7-9-5-12-10(11)14-9/h5,8H,2-4,6-7H2,1H3,(H2,11,12). The molecule has 1 unspecified atom stereocenters. The van der Waals surface area contributed by atoms with E-state index in [2.05, 4.69) is 16.8 Å². The summed E-state index contributed by atoms with van der Waals surface area (Å²) >= 11 is 1.61. The van der Waals surface area contributed by atoms with Gasteiger partial charge in [-0.2, -0.15) is 0 Å². The lowest BCUT2D eigenvalue weighted by atomic mass is 10.0. The fraction of sp³-hybridized carbons (Fsp3) is 0.700. The molecule has 0 aliphatic carbocycles. The number of rotatable bonds is 2. The van der Waals surface area contributed by atoms with Crippen molar-refractivity contribution in [3.63, 3.8) is 0 Å². The molecule has 1 atom stereocenters. The third-order valence-corrected chi connectivity index (χ3v) is 3.50. The number of nitrogen functional groups attached to an aromatic ring is 1. The van der Waals surface area contributed by atoms with Gasteiger partial charge in [0, 0.05) is 24.2 Å². The molecule has 0 aromatic carbocycles. The molecular weight excluding hydrogens is 194 g/mol. The summed E-state index contributed by atoms with van der Waals surface area (Å²) in [6.07, 6.45) is 4.61. The van der Waals surface area contributed by atoms with Gasteiger partial charge in [0.15, 0.2) is 5.13 Å². The number of hydrogen-bond acceptors (Lipinski definition) is 4. The van der Waals surface area contributed by atoms with Gasteiger partial charge in [-0.15, -0.1) is 11.3 Å². The number of likely N-dealkylation sites (tertiary alicyclic amines) is 1. The summed E-state index contributed by atoms with van der Waals surface area (Å²) in [5.41, 5.74) is 5.60. The SMILES string of the molecule is CC1CCCN(Cc2cnc(N)s2)C1. The highest BCUT2D eigenvalue weighted by Gasteiger charge is 2.16. The summed E-state index contributed by atoms with van der Waals surface area (Å²) in [7, 11) is 0. The molecule has 4 heteroatoms. The average Bonchev–Trinajstić information content (AvgIpc) is 2.51. The Balaban J connectivity index is 1.90. The molecule has 78 valence electrons. The quantitative estimate of drug-likeness (QED) is 0.813. The summed E-state index contributed by atoms with van der Waals surface area (Å²) in [6.45, 7) is 5.80. The molecule has 2 rings (SSSR count). The van der Waals surface area contributed by atoms with Crippen LogP contribution in [0, 0.1) is 5.92 Å². The van der Waals surface area contributed by atoms with E-state index in [4.69, 9.17) is 5.73 Å². The van der Waals surface area contributed by atoms with Gasteiger partial charge in [0.2, 0.25) is 0 Å². The lowest BCUT2D eigenvalue weighted by Gasteiger charge is -2.30. The summed E-state index contributed by atoms with van der Waals surface area (Å²) in [4.78, 5) is 7.86. The van der Waals surface area contributed by atoms with E-state index in [0.717, 1.165) is 12.5 Å². The van der Waals surface area contributed by atoms with Gasteiger partial charge < -0.3 is 5.73 Å². The van der Waals surface area contributed by atoms with Gasteiger partial charge in [-0.05, 0) is 25.3 Å². The second-order valence-electron chi connectivity index (χ2n) is 4.15. The molecule has 1 aromatic rings. The predicted molar refractivity (Wildman–Crippen MR) is 60.2 cm³/mol. The van der Waals surface area contributed by atoms with Gasteiger partial charge in [0.1, 0.15) is 0 Å². The van der Waals surface area contributed by atoms with Crippen LogP contribution in [0.4, 0.5) is 5.13 Å². The van der Waals surface area contributed by atoms with Crippen LogP contribution in [0.2, 0.25) is 0 Å². The zero-order valence-electron chi connectivity index (χ0n) is 8.57. The number of hydrogen-bond donors (Lipinski definition) is 1. The Morgan fingerprint density at radius 2 is 2.57 bits per heavy atom. The normalized spacial score (nSPS) is 23.9. The summed E-state index contributed by atoms with van der Waals surface area (Å²) in [6, 6.07) is 0. The largest absolute Gasteiger partial charge is 0.375 e. The van der Waals surface area contributed by atoms with Crippen molar-refractivity contribution < 1.29 is 0 Å². The lowest BCUT2D eigenvalue weighted by Crippen LogP contribution is -2.33. The maximum atomic E-state index is 5.60. The Hall–Kier alpha value is -0.610. The third kappa shape index (κ3) is 2.45. The zero-order chi connectivity index (χ0) is 9.97. The van der Waals surface area contributed by atoms with Crippen LogP contribution in [0.5, 0.6) is 0 Å². The molecule has 1 fully saturated rings. The van der Waals surface area contributed by atoms with Crippen molar-refractivity contribution in [3.05, 3.63) is 11.1 Å². The maximum Gasteiger partial charge on any atom is 0.180 e. The van der Waals surface area contributed by atoms with Crippen LogP contribution in [-0.4, -0.2) is 23.0 Å². The first kappa shape index (κ1) is 9.93. The van der Waals surface area contributed by atoms with Crippen LogP contribution in [0.15, 0.2) is 6.20 Å². The van der Waals surface area contributed by atoms with E-state index in [9.17, 15) is 0 Å². The van der Waals surface area contributed by atoms with Gasteiger partial charge in [-0.3, -0.25) is 4.90 Å². The predicted octanol–water partition coefficient (Wildman–Crippen LogP) is 1.96. The maximum absolute atomic E-state index is 5.60. The lowest BCUT2D eigenvalue weighted by molar-refractivity contribution is 0.178. The van der Waals surface area contributed by atoms with E-state index in [1.807, 2.05) is 6.20 Å². The Kier molecular flexibility index (Phi) is 3.03. The molecule has 14 heavy (non-hydrogen) atoms. The molecule has 1 aliphatic rings. The monoisotopic (exact) mass is 211 g/mol. The number of aromatic nitrogens is 1. The summed E-state index contributed by atoms with van der Waals surface area (Å²) in [5, 5.41) is 0.685. The van der Waals surface area contributed by atoms with Crippen molar-refractivity contribution in [3.8, 4) is 0 Å². The van der Waals surface area contributed by atoms with Crippen molar-refractivity contribution in [2.75, 3.05) is 18.8 Å². The molecule has 1 aliphatic heterocycles. The van der Waals surface area contributed by atoms with Crippen LogP contribution < -0.4 is 5.73 Å². The summed E-state index contributed by atoms with van der Waals surface area (Å²) < 4.78 is 0. The minimum Gasteiger partial charge on any atom is -0.375 e. The van der Waals surface area contributed by atoms with Crippen LogP contribution in [0.25, 0.3) is 0 Å². The number of piperidine rings is 1. The highest BCUT2D eigenvalue weighted by atomic mass is 32.1. The fourth-order valence-corrected chi connectivity index (χ4v) is 2.77. The second-order valence-corrected chi connectivity index (χ2v) is 5.29. The van der Waals surface area contributed by atoms with Crippen LogP contribution >= 0.6 is 11.3 Å². The van der Waals surface area contributed by atoms with E-state index in [0.29, 0.717) is 5.13 Å². The highest BCUT2D eigenvalue weighted by Crippen LogP contribution is 2.21. The van der Waals surface area contributed by atoms with Crippen molar-refractivity contribution in [2.45, 2.75) is 26.3 Å². The molecule has 1 aromatic heterocycles. The highest BCUT2D eigenvalue weighted by molar-refractivity contribution is 7.15. The molecule has 0 bridgehead atoms. The second kappa shape index (κ2) is 4.28. The van der Waals surface area contributed by atoms with Crippen molar-refractivity contribution >= 4 is 16.5 Å². The minimum absolute atomic E-state index is 0.685. The van der Waals surface area contributed by atoms with Gasteiger partial charge >= 0.3 is 0 Å². The number of nitrogens with two attached hydrogens (primary N) is 1. The molecular formula is C10H17N3S. The van der Waals surface area contributed by atoms with Crippen LogP contribution in [0.1, 0.15) is 24.6 Å². The first-order valence-corrected chi connectivity index (χ1v) is 5.98. The Morgan fingerprint density at radius 3 is 3.21 bits per heavy atom. The van der Waals surface area contributed by atoms with E-state index < -0.39 is 0 Å². The van der Waals surface area contributed by atoms with Crippen LogP contribution in [-0.2, 0) is 6.54 Å². The van der Waals surface area contributed by atoms with E-state index in [1.165, 1.54) is 30.8 Å². The molecule has 3 nitrogen and oxygen atoms in total. The van der Waals surface area contributed by atoms with E-state index in [-0.39, 0.29) is 0 Å². The fourth-order valence-electron chi connectivity index (χ4n) is 2.05. The van der Waals surface area contributed by atoms with Gasteiger partial charge in [0.05, 0.1) is 0 Å². The van der Waals surface area contributed by atoms with E-state index in [1.54, 1.807) is 11.3 Å². The molecule has 2 heterocycles. The van der Waals surface area contributed by atoms with Gasteiger partial charge in [-0.1, -0.05) is 6.92 Å². The first-order chi connectivity index (χ1) is 6.74. The molecule has 2 N–H and O–H groups in total. The smallest absolute Gasteiger partial charge is 0.180 e. The number of thiazole rings is 1. The Morgan fingerprint density at radius 1 is 1.71 bits per heavy atom. The number of anilines is 1. The van der Waals surface area contributed by atoms with Crippen molar-refractivity contribution in [1.29, 1.82) is 0 Å². The third-order valence-electron chi connectivity index (χ3n) is 2.69. The first-order valence-electron chi connectivity index (χ1n) is 5.16. The van der Waals surface area contributed by atoms with Gasteiger partial charge in [0.25, 0.3) is 0 Å². The average molecular weight is 211 g/mol. The van der Waals surface area contributed by atoms with Crippen LogP contribution in [0.3, 0.4) is 0 Å². The Labute approximate surface area is 88.9 Å². The molecule has 1 saturated heterocycles. The topological polar surface area (TPSA) is 42.2 Å².